The molecule has 2 atom stereocenters. The van der Waals surface area contributed by atoms with Gasteiger partial charge in [-0.3, -0.25) is 4.79 Å². The number of rotatable bonds is 6. The molecule has 0 aliphatic rings. The zero-order valence-electron chi connectivity index (χ0n) is 17.4. The minimum absolute atomic E-state index is 0.0542. The van der Waals surface area contributed by atoms with Gasteiger partial charge in [0.05, 0.1) is 12.0 Å². The highest BCUT2D eigenvalue weighted by molar-refractivity contribution is 5.79. The summed E-state index contributed by atoms with van der Waals surface area (Å²) in [6, 6.07) is 0. The highest BCUT2D eigenvalue weighted by Gasteiger charge is 2.65. The summed E-state index contributed by atoms with van der Waals surface area (Å²) < 4.78 is 5.49. The van der Waals surface area contributed by atoms with Crippen molar-refractivity contribution in [1.29, 1.82) is 0 Å². The minimum Gasteiger partial charge on any atom is -0.463 e. The Labute approximate surface area is 144 Å². The number of carbonyl (C=O) groups is 1. The first-order chi connectivity index (χ1) is 10.0. The quantitative estimate of drug-likeness (QED) is 0.693. The van der Waals surface area contributed by atoms with Crippen LogP contribution in [-0.2, 0) is 9.53 Å². The molecule has 0 aliphatic heterocycles. The maximum absolute atomic E-state index is 13.2. The van der Waals surface area contributed by atoms with E-state index in [4.69, 9.17) is 9.84 Å². The van der Waals surface area contributed by atoms with Crippen molar-refractivity contribution in [2.45, 2.75) is 82.6 Å². The average molecular weight is 329 g/mol. The number of hydrogen-bond acceptors (Lipinski definition) is 3. The molecular formula is C20H40O3. The van der Waals surface area contributed by atoms with Crippen molar-refractivity contribution in [1.82, 2.24) is 0 Å². The van der Waals surface area contributed by atoms with Gasteiger partial charge in [-0.2, -0.15) is 0 Å². The van der Waals surface area contributed by atoms with Gasteiger partial charge in [-0.1, -0.05) is 69.2 Å². The lowest BCUT2D eigenvalue weighted by atomic mass is 9.41. The van der Waals surface area contributed by atoms with Crippen molar-refractivity contribution in [3.05, 3.63) is 0 Å². The third-order valence-electron chi connectivity index (χ3n) is 7.32. The lowest BCUT2D eigenvalue weighted by Crippen LogP contribution is -2.62. The summed E-state index contributed by atoms with van der Waals surface area (Å²) in [5.41, 5.74) is -1.41. The molecule has 0 aliphatic carbocycles. The van der Waals surface area contributed by atoms with Gasteiger partial charge in [0.2, 0.25) is 0 Å². The van der Waals surface area contributed by atoms with Crippen LogP contribution in [0.25, 0.3) is 0 Å². The third kappa shape index (κ3) is 3.45. The van der Waals surface area contributed by atoms with E-state index in [1.54, 1.807) is 0 Å². The fourth-order valence-electron chi connectivity index (χ4n) is 3.84. The molecule has 0 aromatic rings. The molecule has 0 amide bonds. The third-order valence-corrected chi connectivity index (χ3v) is 7.32. The molecule has 0 spiro atoms. The number of hydrogen-bond donors (Lipinski definition) is 1. The second-order valence-corrected chi connectivity index (χ2v) is 9.80. The molecule has 0 aromatic heterocycles. The fraction of sp³-hybridized carbons (Fsp3) is 0.950. The van der Waals surface area contributed by atoms with Gasteiger partial charge in [0, 0.05) is 0 Å². The molecule has 0 saturated heterocycles. The second kappa shape index (κ2) is 6.74. The van der Waals surface area contributed by atoms with Gasteiger partial charge in [0.15, 0.2) is 0 Å². The zero-order chi connectivity index (χ0) is 18.9. The molecular weight excluding hydrogens is 288 g/mol. The maximum Gasteiger partial charge on any atom is 0.313 e. The predicted molar refractivity (Wildman–Crippen MR) is 97.2 cm³/mol. The van der Waals surface area contributed by atoms with Crippen LogP contribution in [0.15, 0.2) is 0 Å². The van der Waals surface area contributed by atoms with Gasteiger partial charge in [0.1, 0.15) is 6.61 Å². The van der Waals surface area contributed by atoms with Crippen LogP contribution in [0.5, 0.6) is 0 Å². The first-order valence-electron chi connectivity index (χ1n) is 8.82. The monoisotopic (exact) mass is 328 g/mol. The van der Waals surface area contributed by atoms with E-state index < -0.39 is 5.41 Å². The molecule has 3 heteroatoms. The molecule has 0 saturated carbocycles. The molecule has 0 fully saturated rings. The standard InChI is InChI=1S/C20H40O3/c1-12-19(10,17(5,6)7)20(11,15(22)23-14-13-21)18(8,9)16(2,3)4/h21H,12-14H2,1-11H3. The average Bonchev–Trinajstić information content (AvgIpc) is 2.39. The highest BCUT2D eigenvalue weighted by atomic mass is 16.5. The lowest BCUT2D eigenvalue weighted by molar-refractivity contribution is -0.202. The van der Waals surface area contributed by atoms with Crippen LogP contribution >= 0.6 is 0 Å². The lowest BCUT2D eigenvalue weighted by Gasteiger charge is -2.62. The predicted octanol–water partition coefficient (Wildman–Crippen LogP) is 5.06. The zero-order valence-corrected chi connectivity index (χ0v) is 17.4. The van der Waals surface area contributed by atoms with E-state index in [1.165, 1.54) is 0 Å². The molecule has 1 N–H and O–H groups in total. The van der Waals surface area contributed by atoms with E-state index >= 15 is 0 Å². The Hall–Kier alpha value is -0.570. The van der Waals surface area contributed by atoms with Gasteiger partial charge >= 0.3 is 5.97 Å². The van der Waals surface area contributed by atoms with Crippen LogP contribution in [0.3, 0.4) is 0 Å². The van der Waals surface area contributed by atoms with Crippen LogP contribution in [0.2, 0.25) is 0 Å². The summed E-state index contributed by atoms with van der Waals surface area (Å²) in [7, 11) is 0. The van der Waals surface area contributed by atoms with Gasteiger partial charge in [-0.15, -0.1) is 0 Å². The first-order valence-corrected chi connectivity index (χ1v) is 8.82. The number of ether oxygens (including phenoxy) is 1. The van der Waals surface area contributed by atoms with E-state index in [0.29, 0.717) is 0 Å². The largest absolute Gasteiger partial charge is 0.463 e. The Balaban J connectivity index is 6.49. The molecule has 0 heterocycles. The fourth-order valence-corrected chi connectivity index (χ4v) is 3.84. The van der Waals surface area contributed by atoms with Crippen LogP contribution in [-0.4, -0.2) is 24.3 Å². The second-order valence-electron chi connectivity index (χ2n) is 9.80. The molecule has 0 bridgehead atoms. The van der Waals surface area contributed by atoms with Crippen LogP contribution in [0.1, 0.15) is 82.6 Å². The molecule has 23 heavy (non-hydrogen) atoms. The normalized spacial score (nSPS) is 19.0. The Morgan fingerprint density at radius 1 is 0.870 bits per heavy atom. The Kier molecular flexibility index (Phi) is 6.57. The Morgan fingerprint density at radius 3 is 1.57 bits per heavy atom. The van der Waals surface area contributed by atoms with E-state index in [1.807, 2.05) is 0 Å². The summed E-state index contributed by atoms with van der Waals surface area (Å²) >= 11 is 0. The Morgan fingerprint density at radius 2 is 1.30 bits per heavy atom. The smallest absolute Gasteiger partial charge is 0.313 e. The number of aliphatic hydroxyl groups excluding tert-OH is 1. The van der Waals surface area contributed by atoms with Gasteiger partial charge in [0.25, 0.3) is 0 Å². The summed E-state index contributed by atoms with van der Waals surface area (Å²) in [4.78, 5) is 13.2. The maximum atomic E-state index is 13.2. The van der Waals surface area contributed by atoms with Gasteiger partial charge in [-0.05, 0) is 35.0 Å². The molecule has 0 rings (SSSR count). The molecule has 2 unspecified atom stereocenters. The van der Waals surface area contributed by atoms with Crippen LogP contribution in [0.4, 0.5) is 0 Å². The van der Waals surface area contributed by atoms with Crippen molar-refractivity contribution >= 4 is 5.97 Å². The summed E-state index contributed by atoms with van der Waals surface area (Å²) in [5.74, 6) is -0.203. The molecule has 3 nitrogen and oxygen atoms in total. The van der Waals surface area contributed by atoms with Crippen molar-refractivity contribution in [3.8, 4) is 0 Å². The van der Waals surface area contributed by atoms with Crippen LogP contribution < -0.4 is 0 Å². The summed E-state index contributed by atoms with van der Waals surface area (Å²) in [5, 5.41) is 9.09. The van der Waals surface area contributed by atoms with Crippen molar-refractivity contribution in [2.24, 2.45) is 27.1 Å². The SMILES string of the molecule is CCC(C)(C(C)(C)C)C(C)(C(=O)OCCO)C(C)(C)C(C)(C)C. The minimum atomic E-state index is -0.694. The van der Waals surface area contributed by atoms with E-state index in [9.17, 15) is 4.79 Å². The summed E-state index contributed by atoms with van der Waals surface area (Å²) in [6.45, 7) is 23.8. The molecule has 0 radical (unpaired) electrons. The molecule has 0 aromatic carbocycles. The van der Waals surface area contributed by atoms with Crippen LogP contribution in [0, 0.1) is 27.1 Å². The number of aliphatic hydroxyl groups is 1. The molecule has 138 valence electrons. The summed E-state index contributed by atoms with van der Waals surface area (Å²) in [6.07, 6.45) is 0.876. The van der Waals surface area contributed by atoms with Crippen molar-refractivity contribution in [2.75, 3.05) is 13.2 Å². The van der Waals surface area contributed by atoms with Crippen molar-refractivity contribution in [3.63, 3.8) is 0 Å². The topological polar surface area (TPSA) is 46.5 Å². The Bertz CT molecular complexity index is 412. The number of carbonyl (C=O) groups excluding carboxylic acids is 1. The van der Waals surface area contributed by atoms with E-state index in [0.717, 1.165) is 6.42 Å². The highest BCUT2D eigenvalue weighted by Crippen LogP contribution is 2.65. The van der Waals surface area contributed by atoms with Gasteiger partial charge in [-0.25, -0.2) is 0 Å². The number of esters is 1. The van der Waals surface area contributed by atoms with Gasteiger partial charge < -0.3 is 9.84 Å². The van der Waals surface area contributed by atoms with E-state index in [2.05, 4.69) is 76.2 Å². The first kappa shape index (κ1) is 22.4. The van der Waals surface area contributed by atoms with E-state index in [-0.39, 0.29) is 40.8 Å². The van der Waals surface area contributed by atoms with Crippen molar-refractivity contribution < 1.29 is 14.6 Å².